The minimum absolute atomic E-state index is 0.0445. The van der Waals surface area contributed by atoms with Gasteiger partial charge < -0.3 is 15.7 Å². The molecule has 2 aromatic heterocycles. The van der Waals surface area contributed by atoms with Gasteiger partial charge in [-0.25, -0.2) is 4.79 Å². The number of aliphatic hydroxyl groups is 1. The number of Topliss-reactive ketones (excluding diaryl/α,β-unsaturated/α-hetero) is 1. The molecule has 150 valence electrons. The van der Waals surface area contributed by atoms with Crippen LogP contribution in [-0.4, -0.2) is 33.8 Å². The molecule has 1 fully saturated rings. The summed E-state index contributed by atoms with van der Waals surface area (Å²) < 4.78 is 41.5. The number of rotatable bonds is 3. The highest BCUT2D eigenvalue weighted by molar-refractivity contribution is 7.12. The van der Waals surface area contributed by atoms with Crippen molar-refractivity contribution in [2.45, 2.75) is 17.9 Å². The number of hydrogen-bond acceptors (Lipinski definition) is 5. The van der Waals surface area contributed by atoms with E-state index in [1.54, 1.807) is 35.8 Å². The van der Waals surface area contributed by atoms with Crippen molar-refractivity contribution in [2.24, 2.45) is 5.92 Å². The van der Waals surface area contributed by atoms with Crippen molar-refractivity contribution in [1.82, 2.24) is 15.6 Å². The van der Waals surface area contributed by atoms with Crippen molar-refractivity contribution in [1.29, 1.82) is 0 Å². The number of aromatic nitrogens is 1. The van der Waals surface area contributed by atoms with Gasteiger partial charge in [0.25, 0.3) is 0 Å². The highest BCUT2D eigenvalue weighted by Crippen LogP contribution is 2.44. The van der Waals surface area contributed by atoms with Crippen LogP contribution in [0.5, 0.6) is 0 Å². The second-order valence-corrected chi connectivity index (χ2v) is 7.56. The number of benzene rings is 1. The first-order chi connectivity index (χ1) is 13.7. The number of alkyl halides is 3. The lowest BCUT2D eigenvalue weighted by Crippen LogP contribution is -2.72. The second kappa shape index (κ2) is 6.82. The number of ketones is 1. The second-order valence-electron chi connectivity index (χ2n) is 6.62. The van der Waals surface area contributed by atoms with Gasteiger partial charge in [-0.2, -0.15) is 13.2 Å². The molecule has 6 nitrogen and oxygen atoms in total. The maximum Gasteiger partial charge on any atom is 0.437 e. The third-order valence-corrected chi connectivity index (χ3v) is 5.72. The molecule has 10 heteroatoms. The number of carbonyl (C=O) groups excluding carboxylic acids is 2. The molecule has 4 rings (SSSR count). The Labute approximate surface area is 166 Å². The van der Waals surface area contributed by atoms with Crippen molar-refractivity contribution in [3.05, 3.63) is 64.5 Å². The average Bonchev–Trinajstić information content (AvgIpc) is 3.20. The molecule has 1 aliphatic rings. The molecule has 1 aliphatic heterocycles. The summed E-state index contributed by atoms with van der Waals surface area (Å²) in [5.41, 5.74) is -2.88. The number of nitrogens with zero attached hydrogens (tertiary/aromatic N) is 1. The molecule has 1 aromatic carbocycles. The third-order valence-electron chi connectivity index (χ3n) is 4.84. The summed E-state index contributed by atoms with van der Waals surface area (Å²) in [7, 11) is 0. The number of fused-ring (bicyclic) bond motifs is 1. The number of halogens is 3. The van der Waals surface area contributed by atoms with Crippen LogP contribution in [0.1, 0.15) is 21.3 Å². The maximum absolute atomic E-state index is 13.8. The number of nitrogens with one attached hydrogen (secondary N) is 2. The number of amides is 2. The number of pyridine rings is 1. The first-order valence-electron chi connectivity index (χ1n) is 8.51. The molecule has 0 bridgehead atoms. The summed E-state index contributed by atoms with van der Waals surface area (Å²) >= 11 is 0.958. The van der Waals surface area contributed by atoms with E-state index in [0.29, 0.717) is 10.9 Å². The summed E-state index contributed by atoms with van der Waals surface area (Å²) in [5.74, 6) is -2.96. The molecule has 0 radical (unpaired) electrons. The molecule has 1 saturated heterocycles. The predicted molar refractivity (Wildman–Crippen MR) is 99.3 cm³/mol. The molecule has 0 spiro atoms. The van der Waals surface area contributed by atoms with Crippen molar-refractivity contribution in [3.63, 3.8) is 0 Å². The summed E-state index contributed by atoms with van der Waals surface area (Å²) in [6, 6.07) is 8.25. The van der Waals surface area contributed by atoms with Gasteiger partial charge in [0.15, 0.2) is 5.78 Å². The summed E-state index contributed by atoms with van der Waals surface area (Å²) in [6.45, 7) is 0. The highest BCUT2D eigenvalue weighted by atomic mass is 32.1. The normalized spacial score (nSPS) is 24.8. The maximum atomic E-state index is 13.8. The van der Waals surface area contributed by atoms with Gasteiger partial charge in [0.1, 0.15) is 5.92 Å². The molecule has 3 aromatic rings. The SMILES string of the molecule is O=C1NC(c2ccc3ncccc3c2)C(C(=O)c2cccs2)C(O)(C(F)(F)F)N1. The van der Waals surface area contributed by atoms with Crippen LogP contribution < -0.4 is 10.6 Å². The van der Waals surface area contributed by atoms with Crippen molar-refractivity contribution in [3.8, 4) is 0 Å². The summed E-state index contributed by atoms with van der Waals surface area (Å²) in [5, 5.41) is 16.6. The number of thiophene rings is 1. The largest absolute Gasteiger partial charge is 0.437 e. The van der Waals surface area contributed by atoms with Crippen LogP contribution in [0.4, 0.5) is 18.0 Å². The Hall–Kier alpha value is -2.98. The zero-order valence-electron chi connectivity index (χ0n) is 14.6. The van der Waals surface area contributed by atoms with Crippen molar-refractivity contribution in [2.75, 3.05) is 0 Å². The topological polar surface area (TPSA) is 91.3 Å². The number of hydrogen-bond donors (Lipinski definition) is 3. The Morgan fingerprint density at radius 2 is 2.00 bits per heavy atom. The van der Waals surface area contributed by atoms with Gasteiger partial charge in [-0.3, -0.25) is 9.78 Å². The van der Waals surface area contributed by atoms with Gasteiger partial charge in [0.05, 0.1) is 16.4 Å². The Bertz CT molecular complexity index is 1090. The van der Waals surface area contributed by atoms with Crippen LogP contribution in [0.25, 0.3) is 10.9 Å². The molecule has 3 heterocycles. The average molecular weight is 421 g/mol. The fourth-order valence-electron chi connectivity index (χ4n) is 3.48. The van der Waals surface area contributed by atoms with Crippen LogP contribution in [-0.2, 0) is 0 Å². The Morgan fingerprint density at radius 3 is 2.69 bits per heavy atom. The summed E-state index contributed by atoms with van der Waals surface area (Å²) in [4.78, 5) is 29.2. The lowest BCUT2D eigenvalue weighted by Gasteiger charge is -2.44. The van der Waals surface area contributed by atoms with E-state index < -0.39 is 35.7 Å². The fraction of sp³-hybridized carbons (Fsp3) is 0.211. The monoisotopic (exact) mass is 421 g/mol. The van der Waals surface area contributed by atoms with Crippen LogP contribution >= 0.6 is 11.3 Å². The minimum atomic E-state index is -5.28. The zero-order chi connectivity index (χ0) is 20.8. The lowest BCUT2D eigenvalue weighted by molar-refractivity contribution is -0.287. The molecule has 3 N–H and O–H groups in total. The molecule has 29 heavy (non-hydrogen) atoms. The predicted octanol–water partition coefficient (Wildman–Crippen LogP) is 3.40. The van der Waals surface area contributed by atoms with E-state index in [2.05, 4.69) is 10.3 Å². The van der Waals surface area contributed by atoms with E-state index in [9.17, 15) is 27.9 Å². The van der Waals surface area contributed by atoms with E-state index in [1.807, 2.05) is 0 Å². The minimum Gasteiger partial charge on any atom is -0.363 e. The Kier molecular flexibility index (Phi) is 4.55. The van der Waals surface area contributed by atoms with Crippen molar-refractivity contribution >= 4 is 34.1 Å². The number of carbonyl (C=O) groups is 2. The van der Waals surface area contributed by atoms with Gasteiger partial charge in [-0.1, -0.05) is 18.2 Å². The van der Waals surface area contributed by atoms with E-state index >= 15 is 0 Å². The van der Waals surface area contributed by atoms with Crippen LogP contribution in [0.3, 0.4) is 0 Å². The van der Waals surface area contributed by atoms with Crippen LogP contribution in [0, 0.1) is 5.92 Å². The molecule has 3 atom stereocenters. The van der Waals surface area contributed by atoms with Gasteiger partial charge >= 0.3 is 12.2 Å². The lowest BCUT2D eigenvalue weighted by atomic mass is 9.78. The Balaban J connectivity index is 1.88. The fourth-order valence-corrected chi connectivity index (χ4v) is 4.18. The van der Waals surface area contributed by atoms with E-state index in [-0.39, 0.29) is 10.4 Å². The Morgan fingerprint density at radius 1 is 1.21 bits per heavy atom. The molecule has 0 aliphatic carbocycles. The van der Waals surface area contributed by atoms with Crippen LogP contribution in [0.15, 0.2) is 54.0 Å². The van der Waals surface area contributed by atoms with Gasteiger partial charge in [-0.05, 0) is 35.2 Å². The first-order valence-corrected chi connectivity index (χ1v) is 9.39. The standard InChI is InChI=1S/C19H14F3N3O3S/c20-19(21,22)18(28)14(16(26)13-4-2-8-29-13)15(24-17(27)25-18)11-5-6-12-10(9-11)3-1-7-23-12/h1-9,14-15,28H,(H2,24,25,27). The van der Waals surface area contributed by atoms with Crippen molar-refractivity contribution < 1.29 is 27.9 Å². The van der Waals surface area contributed by atoms with Gasteiger partial charge in [-0.15, -0.1) is 11.3 Å². The highest BCUT2D eigenvalue weighted by Gasteiger charge is 2.66. The third kappa shape index (κ3) is 3.23. The molecule has 3 unspecified atom stereocenters. The van der Waals surface area contributed by atoms with Gasteiger partial charge in [0.2, 0.25) is 5.72 Å². The molecular formula is C19H14F3N3O3S. The first kappa shape index (κ1) is 19.3. The molecule has 0 saturated carbocycles. The molecular weight excluding hydrogens is 407 g/mol. The number of urea groups is 1. The van der Waals surface area contributed by atoms with E-state index in [0.717, 1.165) is 11.3 Å². The molecule has 2 amide bonds. The quantitative estimate of drug-likeness (QED) is 0.566. The summed E-state index contributed by atoms with van der Waals surface area (Å²) in [6.07, 6.45) is -3.71. The van der Waals surface area contributed by atoms with Gasteiger partial charge in [0, 0.05) is 11.6 Å². The smallest absolute Gasteiger partial charge is 0.363 e. The van der Waals surface area contributed by atoms with Crippen LogP contribution in [0.2, 0.25) is 0 Å². The van der Waals surface area contributed by atoms with E-state index in [1.165, 1.54) is 23.5 Å². The van der Waals surface area contributed by atoms with E-state index in [4.69, 9.17) is 0 Å². The zero-order valence-corrected chi connectivity index (χ0v) is 15.4.